The van der Waals surface area contributed by atoms with Crippen LogP contribution >= 0.6 is 0 Å². The molecule has 1 heteroatoms. The Bertz CT molecular complexity index is 309. The molecule has 1 aliphatic rings. The van der Waals surface area contributed by atoms with Gasteiger partial charge >= 0.3 is 0 Å². The van der Waals surface area contributed by atoms with Crippen molar-refractivity contribution < 1.29 is 0 Å². The van der Waals surface area contributed by atoms with E-state index in [1.165, 1.54) is 56.1 Å². The maximum atomic E-state index is 5.55. The zero-order valence-electron chi connectivity index (χ0n) is 10.8. The Kier molecular flexibility index (Phi) is 5.06. The number of benzene rings is 1. The topological polar surface area (TPSA) is 26.0 Å². The van der Waals surface area contributed by atoms with Crippen LogP contribution in [0.3, 0.4) is 0 Å². The molecule has 0 bridgehead atoms. The van der Waals surface area contributed by atoms with Gasteiger partial charge in [-0.3, -0.25) is 0 Å². The van der Waals surface area contributed by atoms with Crippen molar-refractivity contribution >= 4 is 0 Å². The molecule has 0 atom stereocenters. The molecule has 17 heavy (non-hydrogen) atoms. The summed E-state index contributed by atoms with van der Waals surface area (Å²) in [7, 11) is 0. The molecule has 0 spiro atoms. The fourth-order valence-electron chi connectivity index (χ4n) is 2.89. The van der Waals surface area contributed by atoms with E-state index in [-0.39, 0.29) is 0 Å². The molecule has 0 aromatic heterocycles. The van der Waals surface area contributed by atoms with Crippen molar-refractivity contribution in [3.63, 3.8) is 0 Å². The molecule has 2 N–H and O–H groups in total. The van der Waals surface area contributed by atoms with Crippen molar-refractivity contribution in [3.05, 3.63) is 35.4 Å². The summed E-state index contributed by atoms with van der Waals surface area (Å²) in [5.74, 6) is 0.993. The summed E-state index contributed by atoms with van der Waals surface area (Å²) in [6, 6.07) is 9.05. The first-order valence-electron chi connectivity index (χ1n) is 7.16. The van der Waals surface area contributed by atoms with Crippen LogP contribution in [0.1, 0.15) is 49.7 Å². The minimum Gasteiger partial charge on any atom is -0.330 e. The van der Waals surface area contributed by atoms with Crippen LogP contribution in [0.4, 0.5) is 0 Å². The molecule has 1 saturated carbocycles. The van der Waals surface area contributed by atoms with Gasteiger partial charge in [-0.1, -0.05) is 56.4 Å². The summed E-state index contributed by atoms with van der Waals surface area (Å²) in [6.45, 7) is 0.751. The van der Waals surface area contributed by atoms with Gasteiger partial charge in [-0.25, -0.2) is 0 Å². The van der Waals surface area contributed by atoms with Crippen LogP contribution in [0.15, 0.2) is 24.3 Å². The highest BCUT2D eigenvalue weighted by atomic mass is 14.5. The fraction of sp³-hybridized carbons (Fsp3) is 0.625. The minimum absolute atomic E-state index is 0.751. The van der Waals surface area contributed by atoms with Crippen molar-refractivity contribution in [2.75, 3.05) is 6.54 Å². The van der Waals surface area contributed by atoms with Gasteiger partial charge < -0.3 is 5.73 Å². The van der Waals surface area contributed by atoms with Crippen LogP contribution in [-0.4, -0.2) is 6.54 Å². The van der Waals surface area contributed by atoms with E-state index in [1.54, 1.807) is 0 Å². The largest absolute Gasteiger partial charge is 0.330 e. The van der Waals surface area contributed by atoms with Crippen molar-refractivity contribution in [1.29, 1.82) is 0 Å². The van der Waals surface area contributed by atoms with Crippen LogP contribution in [0.5, 0.6) is 0 Å². The Morgan fingerprint density at radius 2 is 1.47 bits per heavy atom. The quantitative estimate of drug-likeness (QED) is 0.821. The normalized spacial score (nSPS) is 17.2. The molecule has 0 heterocycles. The van der Waals surface area contributed by atoms with E-state index in [9.17, 15) is 0 Å². The summed E-state index contributed by atoms with van der Waals surface area (Å²) in [5.41, 5.74) is 8.42. The Labute approximate surface area is 105 Å². The highest BCUT2D eigenvalue weighted by molar-refractivity contribution is 5.22. The Balaban J connectivity index is 1.77. The maximum absolute atomic E-state index is 5.55. The van der Waals surface area contributed by atoms with Gasteiger partial charge in [-0.2, -0.15) is 0 Å². The molecule has 0 unspecified atom stereocenters. The molecule has 0 amide bonds. The van der Waals surface area contributed by atoms with E-state index < -0.39 is 0 Å². The molecule has 1 fully saturated rings. The highest BCUT2D eigenvalue weighted by Gasteiger charge is 2.12. The summed E-state index contributed by atoms with van der Waals surface area (Å²) < 4.78 is 0. The molecular weight excluding hydrogens is 206 g/mol. The summed E-state index contributed by atoms with van der Waals surface area (Å²) in [4.78, 5) is 0. The second-order valence-corrected chi connectivity index (χ2v) is 5.40. The van der Waals surface area contributed by atoms with Crippen molar-refractivity contribution in [1.82, 2.24) is 0 Å². The minimum atomic E-state index is 0.751. The molecule has 2 rings (SSSR count). The van der Waals surface area contributed by atoms with Gasteiger partial charge in [0.1, 0.15) is 0 Å². The lowest BCUT2D eigenvalue weighted by molar-refractivity contribution is 0.339. The molecule has 0 saturated heterocycles. The zero-order valence-corrected chi connectivity index (χ0v) is 10.8. The Morgan fingerprint density at radius 3 is 2.06 bits per heavy atom. The first-order valence-corrected chi connectivity index (χ1v) is 7.16. The lowest BCUT2D eigenvalue weighted by Crippen LogP contribution is -2.07. The van der Waals surface area contributed by atoms with Crippen LogP contribution in [0, 0.1) is 5.92 Å². The van der Waals surface area contributed by atoms with E-state index in [1.807, 2.05) is 0 Å². The first-order chi connectivity index (χ1) is 8.38. The van der Waals surface area contributed by atoms with Crippen LogP contribution < -0.4 is 5.73 Å². The standard InChI is InChI=1S/C16H25N/c17-13-12-16-10-8-15(9-11-16)7-6-14-4-2-1-3-5-14/h8-11,14H,1-7,12-13,17H2. The van der Waals surface area contributed by atoms with Crippen molar-refractivity contribution in [2.24, 2.45) is 11.7 Å². The van der Waals surface area contributed by atoms with Gasteiger partial charge in [0.15, 0.2) is 0 Å². The Morgan fingerprint density at radius 1 is 0.882 bits per heavy atom. The molecule has 94 valence electrons. The van der Waals surface area contributed by atoms with E-state index in [4.69, 9.17) is 5.73 Å². The van der Waals surface area contributed by atoms with Gasteiger partial charge in [0.25, 0.3) is 0 Å². The van der Waals surface area contributed by atoms with E-state index in [0.29, 0.717) is 0 Å². The number of hydrogen-bond donors (Lipinski definition) is 1. The van der Waals surface area contributed by atoms with Crippen LogP contribution in [-0.2, 0) is 12.8 Å². The van der Waals surface area contributed by atoms with Gasteiger partial charge in [0.05, 0.1) is 0 Å². The third-order valence-corrected chi connectivity index (χ3v) is 4.02. The SMILES string of the molecule is NCCc1ccc(CCC2CCCCC2)cc1. The average molecular weight is 231 g/mol. The number of rotatable bonds is 5. The molecule has 1 nitrogen and oxygen atoms in total. The third kappa shape index (κ3) is 4.16. The molecular formula is C16H25N. The molecule has 1 aliphatic carbocycles. The van der Waals surface area contributed by atoms with Crippen molar-refractivity contribution in [3.8, 4) is 0 Å². The van der Waals surface area contributed by atoms with Crippen LogP contribution in [0.2, 0.25) is 0 Å². The second-order valence-electron chi connectivity index (χ2n) is 5.40. The molecule has 1 aromatic rings. The monoisotopic (exact) mass is 231 g/mol. The van der Waals surface area contributed by atoms with Crippen molar-refractivity contribution in [2.45, 2.75) is 51.4 Å². The molecule has 0 radical (unpaired) electrons. The number of aryl methyl sites for hydroxylation is 1. The lowest BCUT2D eigenvalue weighted by atomic mass is 9.85. The predicted octanol–water partition coefficient (Wildman–Crippen LogP) is 3.70. The van der Waals surface area contributed by atoms with Crippen LogP contribution in [0.25, 0.3) is 0 Å². The summed E-state index contributed by atoms with van der Waals surface area (Å²) in [5, 5.41) is 0. The fourth-order valence-corrected chi connectivity index (χ4v) is 2.89. The van der Waals surface area contributed by atoms with E-state index in [2.05, 4.69) is 24.3 Å². The molecule has 1 aromatic carbocycles. The average Bonchev–Trinajstić information content (AvgIpc) is 2.40. The summed E-state index contributed by atoms with van der Waals surface area (Å²) in [6.07, 6.45) is 11.0. The van der Waals surface area contributed by atoms with Gasteiger partial charge in [-0.15, -0.1) is 0 Å². The van der Waals surface area contributed by atoms with Gasteiger partial charge in [-0.05, 0) is 42.9 Å². The Hall–Kier alpha value is -0.820. The van der Waals surface area contributed by atoms with E-state index >= 15 is 0 Å². The lowest BCUT2D eigenvalue weighted by Gasteiger charge is -2.21. The summed E-state index contributed by atoms with van der Waals surface area (Å²) >= 11 is 0. The van der Waals surface area contributed by atoms with Gasteiger partial charge in [0, 0.05) is 0 Å². The third-order valence-electron chi connectivity index (χ3n) is 4.02. The van der Waals surface area contributed by atoms with E-state index in [0.717, 1.165) is 18.9 Å². The zero-order chi connectivity index (χ0) is 11.9. The number of hydrogen-bond acceptors (Lipinski definition) is 1. The highest BCUT2D eigenvalue weighted by Crippen LogP contribution is 2.27. The predicted molar refractivity (Wildman–Crippen MR) is 74.1 cm³/mol. The first kappa shape index (κ1) is 12.6. The van der Waals surface area contributed by atoms with Gasteiger partial charge in [0.2, 0.25) is 0 Å². The maximum Gasteiger partial charge on any atom is -0.00367 e. The second kappa shape index (κ2) is 6.80. The number of nitrogens with two attached hydrogens (primary N) is 1. The smallest absolute Gasteiger partial charge is 0.00367 e. The molecule has 0 aliphatic heterocycles.